The molecule has 138 valence electrons. The molecular formula is C23H29NO2. The molecule has 0 saturated heterocycles. The number of methoxy groups -OCH3 is 2. The van der Waals surface area contributed by atoms with Gasteiger partial charge >= 0.3 is 0 Å². The molecule has 3 heteroatoms. The molecule has 2 bridgehead atoms. The molecule has 2 aliphatic carbocycles. The third-order valence-corrected chi connectivity index (χ3v) is 6.84. The summed E-state index contributed by atoms with van der Waals surface area (Å²) in [6, 6.07) is 17.7. The van der Waals surface area contributed by atoms with Crippen LogP contribution in [0.4, 0.5) is 0 Å². The molecule has 2 aromatic rings. The normalized spacial score (nSPS) is 29.7. The fourth-order valence-corrected chi connectivity index (χ4v) is 5.42. The highest BCUT2D eigenvalue weighted by Gasteiger charge is 2.55. The highest BCUT2D eigenvalue weighted by Crippen LogP contribution is 2.56. The molecule has 0 heterocycles. The second-order valence-electron chi connectivity index (χ2n) is 7.96. The van der Waals surface area contributed by atoms with Gasteiger partial charge in [0.2, 0.25) is 0 Å². The second kappa shape index (κ2) is 6.96. The zero-order chi connectivity index (χ0) is 18.1. The van der Waals surface area contributed by atoms with Crippen molar-refractivity contribution in [2.45, 2.75) is 44.2 Å². The van der Waals surface area contributed by atoms with Crippen LogP contribution in [0, 0.1) is 11.8 Å². The van der Waals surface area contributed by atoms with Gasteiger partial charge in [0, 0.05) is 29.6 Å². The van der Waals surface area contributed by atoms with Crippen LogP contribution >= 0.6 is 0 Å². The summed E-state index contributed by atoms with van der Waals surface area (Å²) in [4.78, 5) is 0. The molecule has 0 aliphatic heterocycles. The molecule has 0 aromatic heterocycles. The van der Waals surface area contributed by atoms with Crippen molar-refractivity contribution in [3.8, 4) is 11.5 Å². The zero-order valence-corrected chi connectivity index (χ0v) is 16.0. The Bertz CT molecular complexity index is 760. The van der Waals surface area contributed by atoms with Crippen LogP contribution in [0.5, 0.6) is 11.5 Å². The van der Waals surface area contributed by atoms with Gasteiger partial charge in [0.15, 0.2) is 0 Å². The summed E-state index contributed by atoms with van der Waals surface area (Å²) in [7, 11) is 3.41. The van der Waals surface area contributed by atoms with Gasteiger partial charge in [-0.3, -0.25) is 0 Å². The first-order valence-electron chi connectivity index (χ1n) is 9.66. The SMILES string of the molecule is COc1ccc(CNC2[C@@H]3CC[C@@H](C3)[C@]2(C)c2ccccc2)c(OC)c1. The first-order chi connectivity index (χ1) is 12.7. The minimum atomic E-state index is 0.212. The van der Waals surface area contributed by atoms with Gasteiger partial charge in [-0.2, -0.15) is 0 Å². The van der Waals surface area contributed by atoms with Crippen LogP contribution in [0.25, 0.3) is 0 Å². The van der Waals surface area contributed by atoms with E-state index in [2.05, 4.69) is 48.6 Å². The van der Waals surface area contributed by atoms with Gasteiger partial charge < -0.3 is 14.8 Å². The number of fused-ring (bicyclic) bond motifs is 2. The van der Waals surface area contributed by atoms with E-state index in [-0.39, 0.29) is 5.41 Å². The smallest absolute Gasteiger partial charge is 0.127 e. The Kier molecular flexibility index (Phi) is 4.66. The van der Waals surface area contributed by atoms with E-state index in [1.165, 1.54) is 30.4 Å². The van der Waals surface area contributed by atoms with E-state index in [1.54, 1.807) is 14.2 Å². The highest BCUT2D eigenvalue weighted by molar-refractivity contribution is 5.41. The molecule has 4 atom stereocenters. The van der Waals surface area contributed by atoms with Crippen molar-refractivity contribution in [1.82, 2.24) is 5.32 Å². The minimum Gasteiger partial charge on any atom is -0.497 e. The lowest BCUT2D eigenvalue weighted by atomic mass is 9.67. The van der Waals surface area contributed by atoms with E-state index >= 15 is 0 Å². The fraction of sp³-hybridized carbons (Fsp3) is 0.478. The van der Waals surface area contributed by atoms with Crippen LogP contribution in [0.15, 0.2) is 48.5 Å². The predicted octanol–water partition coefficient (Wildman–Crippen LogP) is 4.55. The van der Waals surface area contributed by atoms with Gasteiger partial charge in [-0.05, 0) is 42.7 Å². The van der Waals surface area contributed by atoms with Gasteiger partial charge in [0.05, 0.1) is 14.2 Å². The summed E-state index contributed by atoms with van der Waals surface area (Å²) in [6.45, 7) is 3.29. The summed E-state index contributed by atoms with van der Waals surface area (Å²) in [5, 5.41) is 3.91. The molecule has 2 saturated carbocycles. The lowest BCUT2D eigenvalue weighted by molar-refractivity contribution is 0.213. The largest absolute Gasteiger partial charge is 0.497 e. The van der Waals surface area contributed by atoms with E-state index in [4.69, 9.17) is 9.47 Å². The van der Waals surface area contributed by atoms with Crippen molar-refractivity contribution in [2.75, 3.05) is 14.2 Å². The summed E-state index contributed by atoms with van der Waals surface area (Å²) >= 11 is 0. The van der Waals surface area contributed by atoms with E-state index in [1.807, 2.05) is 12.1 Å². The molecule has 2 aromatic carbocycles. The van der Waals surface area contributed by atoms with Crippen LogP contribution in [0.3, 0.4) is 0 Å². The van der Waals surface area contributed by atoms with Gasteiger partial charge in [-0.25, -0.2) is 0 Å². The Hall–Kier alpha value is -2.00. The minimum absolute atomic E-state index is 0.212. The van der Waals surface area contributed by atoms with Crippen LogP contribution in [0.1, 0.15) is 37.3 Å². The van der Waals surface area contributed by atoms with Crippen molar-refractivity contribution in [2.24, 2.45) is 11.8 Å². The van der Waals surface area contributed by atoms with Crippen LogP contribution < -0.4 is 14.8 Å². The molecule has 1 unspecified atom stereocenters. The quantitative estimate of drug-likeness (QED) is 0.828. The van der Waals surface area contributed by atoms with E-state index in [9.17, 15) is 0 Å². The number of ether oxygens (including phenoxy) is 2. The standard InChI is InChI=1S/C23H29NO2/c1-23(18-7-5-4-6-8-18)19-11-9-16(13-19)22(23)24-15-17-10-12-20(25-2)14-21(17)26-3/h4-8,10,12,14,16,19,22,24H,9,11,13,15H2,1-3H3/t16-,19+,22?,23+/m1/s1. The van der Waals surface area contributed by atoms with Crippen molar-refractivity contribution in [1.29, 1.82) is 0 Å². The molecule has 26 heavy (non-hydrogen) atoms. The maximum atomic E-state index is 5.58. The first-order valence-corrected chi connectivity index (χ1v) is 9.66. The lowest BCUT2D eigenvalue weighted by Gasteiger charge is -2.42. The fourth-order valence-electron chi connectivity index (χ4n) is 5.42. The Morgan fingerprint density at radius 1 is 1.04 bits per heavy atom. The zero-order valence-electron chi connectivity index (χ0n) is 16.0. The molecule has 1 N–H and O–H groups in total. The summed E-state index contributed by atoms with van der Waals surface area (Å²) in [5.74, 6) is 3.28. The molecule has 2 aliphatic rings. The highest BCUT2D eigenvalue weighted by atomic mass is 16.5. The van der Waals surface area contributed by atoms with E-state index in [0.717, 1.165) is 29.9 Å². The average molecular weight is 351 g/mol. The summed E-state index contributed by atoms with van der Waals surface area (Å²) < 4.78 is 10.9. The average Bonchev–Trinajstić information content (AvgIpc) is 3.28. The van der Waals surface area contributed by atoms with Gasteiger partial charge in [-0.1, -0.05) is 43.3 Å². The van der Waals surface area contributed by atoms with E-state index in [0.29, 0.717) is 6.04 Å². The van der Waals surface area contributed by atoms with Gasteiger partial charge in [-0.15, -0.1) is 0 Å². The Labute approximate surface area is 156 Å². The Morgan fingerprint density at radius 2 is 1.85 bits per heavy atom. The van der Waals surface area contributed by atoms with Gasteiger partial charge in [0.1, 0.15) is 11.5 Å². The Morgan fingerprint density at radius 3 is 2.58 bits per heavy atom. The third kappa shape index (κ3) is 2.79. The predicted molar refractivity (Wildman–Crippen MR) is 105 cm³/mol. The van der Waals surface area contributed by atoms with Crippen molar-refractivity contribution in [3.63, 3.8) is 0 Å². The Balaban J connectivity index is 1.57. The molecular weight excluding hydrogens is 322 g/mol. The van der Waals surface area contributed by atoms with E-state index < -0.39 is 0 Å². The molecule has 0 amide bonds. The maximum Gasteiger partial charge on any atom is 0.127 e. The molecule has 4 rings (SSSR count). The number of benzene rings is 2. The van der Waals surface area contributed by atoms with Crippen molar-refractivity contribution >= 4 is 0 Å². The van der Waals surface area contributed by atoms with Crippen molar-refractivity contribution in [3.05, 3.63) is 59.7 Å². The maximum absolute atomic E-state index is 5.58. The molecule has 3 nitrogen and oxygen atoms in total. The lowest BCUT2D eigenvalue weighted by Crippen LogP contribution is -2.50. The summed E-state index contributed by atoms with van der Waals surface area (Å²) in [5.41, 5.74) is 2.88. The molecule has 2 fully saturated rings. The van der Waals surface area contributed by atoms with Gasteiger partial charge in [0.25, 0.3) is 0 Å². The van der Waals surface area contributed by atoms with Crippen LogP contribution in [0.2, 0.25) is 0 Å². The van der Waals surface area contributed by atoms with Crippen LogP contribution in [-0.2, 0) is 12.0 Å². The topological polar surface area (TPSA) is 30.5 Å². The number of hydrogen-bond donors (Lipinski definition) is 1. The number of hydrogen-bond acceptors (Lipinski definition) is 3. The van der Waals surface area contributed by atoms with Crippen LogP contribution in [-0.4, -0.2) is 20.3 Å². The van der Waals surface area contributed by atoms with Crippen molar-refractivity contribution < 1.29 is 9.47 Å². The third-order valence-electron chi connectivity index (χ3n) is 6.84. The first kappa shape index (κ1) is 17.4. The molecule has 0 spiro atoms. The summed E-state index contributed by atoms with van der Waals surface area (Å²) in [6.07, 6.45) is 4.06. The monoisotopic (exact) mass is 351 g/mol. The number of nitrogens with one attached hydrogen (secondary N) is 1. The molecule has 0 radical (unpaired) electrons. The number of rotatable bonds is 6. The second-order valence-corrected chi connectivity index (χ2v) is 7.96.